The maximum Gasteiger partial charge on any atom is 0.251 e. The van der Waals surface area contributed by atoms with Crippen LogP contribution in [0.5, 0.6) is 0 Å². The lowest BCUT2D eigenvalue weighted by Gasteiger charge is -2.29. The highest BCUT2D eigenvalue weighted by atomic mass is 19.1. The van der Waals surface area contributed by atoms with Crippen LogP contribution >= 0.6 is 0 Å². The highest BCUT2D eigenvalue weighted by Gasteiger charge is 2.25. The molecular weight excluding hydrogens is 381 g/mol. The molecule has 7 heteroatoms. The monoisotopic (exact) mass is 405 g/mol. The number of rotatable bonds is 4. The van der Waals surface area contributed by atoms with Crippen molar-refractivity contribution in [2.24, 2.45) is 0 Å². The normalized spacial score (nSPS) is 16.1. The van der Waals surface area contributed by atoms with Gasteiger partial charge in [0.25, 0.3) is 5.91 Å². The van der Waals surface area contributed by atoms with Gasteiger partial charge in [-0.3, -0.25) is 14.5 Å². The Bertz CT molecular complexity index is 1070. The topological polar surface area (TPSA) is 63.1 Å². The molecule has 0 aliphatic carbocycles. The zero-order valence-corrected chi connectivity index (χ0v) is 16.9. The number of aryl methyl sites for hydroxylation is 3. The number of halogens is 1. The summed E-state index contributed by atoms with van der Waals surface area (Å²) in [4.78, 5) is 19.6. The zero-order chi connectivity index (χ0) is 20.7. The van der Waals surface area contributed by atoms with Crippen LogP contribution in [0.4, 0.5) is 15.9 Å². The first-order valence-corrected chi connectivity index (χ1v) is 10.5. The molecule has 0 bridgehead atoms. The Balaban J connectivity index is 1.35. The standard InChI is InChI=1S/C23H24FN5O/c1-15(25-23(30)16-6-8-17(24)9-7-16)19-10-11-21-20(26-19)5-3-12-28(21)22-14-18-4-2-13-29(18)27-22/h6-11,14-15H,2-5,12-13H2,1H3,(H,25,30). The van der Waals surface area contributed by atoms with E-state index in [1.807, 2.05) is 13.0 Å². The molecule has 5 rings (SSSR count). The fraction of sp³-hybridized carbons (Fsp3) is 0.348. The minimum absolute atomic E-state index is 0.240. The third-order valence-electron chi connectivity index (χ3n) is 5.89. The fourth-order valence-electron chi connectivity index (χ4n) is 4.28. The molecule has 3 aromatic rings. The van der Waals surface area contributed by atoms with E-state index in [0.717, 1.165) is 55.2 Å². The predicted molar refractivity (Wildman–Crippen MR) is 112 cm³/mol. The largest absolute Gasteiger partial charge is 0.344 e. The van der Waals surface area contributed by atoms with Crippen molar-refractivity contribution in [3.05, 3.63) is 70.9 Å². The number of aromatic nitrogens is 3. The molecule has 1 N–H and O–H groups in total. The predicted octanol–water partition coefficient (Wildman–Crippen LogP) is 3.94. The van der Waals surface area contributed by atoms with E-state index in [4.69, 9.17) is 10.1 Å². The number of pyridine rings is 1. The van der Waals surface area contributed by atoms with Crippen LogP contribution < -0.4 is 10.2 Å². The third kappa shape index (κ3) is 3.44. The van der Waals surface area contributed by atoms with E-state index in [-0.39, 0.29) is 17.8 Å². The van der Waals surface area contributed by atoms with Crippen LogP contribution in [0.25, 0.3) is 0 Å². The lowest BCUT2D eigenvalue weighted by atomic mass is 10.1. The van der Waals surface area contributed by atoms with Crippen molar-refractivity contribution in [2.75, 3.05) is 11.4 Å². The number of nitrogens with one attached hydrogen (secondary N) is 1. The van der Waals surface area contributed by atoms with Crippen LogP contribution in [0.3, 0.4) is 0 Å². The van der Waals surface area contributed by atoms with Crippen molar-refractivity contribution in [1.82, 2.24) is 20.1 Å². The smallest absolute Gasteiger partial charge is 0.251 e. The molecule has 0 saturated carbocycles. The summed E-state index contributed by atoms with van der Waals surface area (Å²) >= 11 is 0. The number of fused-ring (bicyclic) bond motifs is 2. The molecule has 2 aliphatic heterocycles. The van der Waals surface area contributed by atoms with Gasteiger partial charge in [-0.2, -0.15) is 5.10 Å². The Kier molecular flexibility index (Phi) is 4.73. The Labute approximate surface area is 174 Å². The van der Waals surface area contributed by atoms with Gasteiger partial charge in [0, 0.05) is 30.4 Å². The van der Waals surface area contributed by atoms with E-state index < -0.39 is 0 Å². The van der Waals surface area contributed by atoms with Gasteiger partial charge in [0.05, 0.1) is 23.1 Å². The maximum atomic E-state index is 13.1. The van der Waals surface area contributed by atoms with E-state index in [1.54, 1.807) is 0 Å². The summed E-state index contributed by atoms with van der Waals surface area (Å²) in [6.07, 6.45) is 4.19. The quantitative estimate of drug-likeness (QED) is 0.714. The average Bonchev–Trinajstić information content (AvgIpc) is 3.35. The molecule has 30 heavy (non-hydrogen) atoms. The SMILES string of the molecule is CC(NC(=O)c1ccc(F)cc1)c1ccc2c(n1)CCCN2c1cc2n(n1)CCC2. The van der Waals surface area contributed by atoms with E-state index in [1.165, 1.54) is 36.4 Å². The summed E-state index contributed by atoms with van der Waals surface area (Å²) in [6.45, 7) is 3.84. The number of carbonyl (C=O) groups excluding carboxylic acids is 1. The van der Waals surface area contributed by atoms with Crippen molar-refractivity contribution in [1.29, 1.82) is 0 Å². The first kappa shape index (κ1) is 18.8. The molecule has 1 amide bonds. The fourth-order valence-corrected chi connectivity index (χ4v) is 4.28. The second-order valence-corrected chi connectivity index (χ2v) is 7.98. The van der Waals surface area contributed by atoms with E-state index in [9.17, 15) is 9.18 Å². The van der Waals surface area contributed by atoms with Crippen LogP contribution in [0.15, 0.2) is 42.5 Å². The molecule has 2 aliphatic rings. The molecule has 0 fully saturated rings. The number of carbonyl (C=O) groups is 1. The second-order valence-electron chi connectivity index (χ2n) is 7.98. The summed E-state index contributed by atoms with van der Waals surface area (Å²) in [5, 5.41) is 7.74. The van der Waals surface area contributed by atoms with Crippen LogP contribution in [-0.2, 0) is 19.4 Å². The van der Waals surface area contributed by atoms with Crippen molar-refractivity contribution in [3.8, 4) is 0 Å². The van der Waals surface area contributed by atoms with Crippen LogP contribution in [0, 0.1) is 5.82 Å². The molecule has 1 unspecified atom stereocenters. The van der Waals surface area contributed by atoms with Crippen LogP contribution in [0.1, 0.15) is 53.2 Å². The van der Waals surface area contributed by atoms with Gasteiger partial charge >= 0.3 is 0 Å². The minimum atomic E-state index is -0.358. The highest BCUT2D eigenvalue weighted by Crippen LogP contribution is 2.34. The van der Waals surface area contributed by atoms with Gasteiger partial charge in [-0.25, -0.2) is 4.39 Å². The molecule has 1 atom stereocenters. The second kappa shape index (κ2) is 7.55. The van der Waals surface area contributed by atoms with Gasteiger partial charge < -0.3 is 10.2 Å². The Morgan fingerprint density at radius 3 is 2.70 bits per heavy atom. The minimum Gasteiger partial charge on any atom is -0.344 e. The van der Waals surface area contributed by atoms with E-state index in [0.29, 0.717) is 5.56 Å². The van der Waals surface area contributed by atoms with Gasteiger partial charge in [0.2, 0.25) is 0 Å². The molecule has 0 radical (unpaired) electrons. The average molecular weight is 405 g/mol. The molecule has 4 heterocycles. The maximum absolute atomic E-state index is 13.1. The lowest BCUT2D eigenvalue weighted by Crippen LogP contribution is -2.29. The molecule has 6 nitrogen and oxygen atoms in total. The van der Waals surface area contributed by atoms with E-state index >= 15 is 0 Å². The van der Waals surface area contributed by atoms with Gasteiger partial charge in [0.1, 0.15) is 5.82 Å². The molecule has 0 saturated heterocycles. The number of nitrogens with zero attached hydrogens (tertiary/aromatic N) is 4. The lowest BCUT2D eigenvalue weighted by molar-refractivity contribution is 0.0939. The Morgan fingerprint density at radius 2 is 1.90 bits per heavy atom. The summed E-state index contributed by atoms with van der Waals surface area (Å²) in [6, 6.07) is 11.5. The summed E-state index contributed by atoms with van der Waals surface area (Å²) in [5.74, 6) is 0.400. The van der Waals surface area contributed by atoms with Crippen molar-refractivity contribution in [3.63, 3.8) is 0 Å². The van der Waals surface area contributed by atoms with Gasteiger partial charge in [-0.05, 0) is 69.0 Å². The molecular formula is C23H24FN5O. The first-order valence-electron chi connectivity index (χ1n) is 10.5. The van der Waals surface area contributed by atoms with Gasteiger partial charge in [-0.1, -0.05) is 0 Å². The Morgan fingerprint density at radius 1 is 1.10 bits per heavy atom. The van der Waals surface area contributed by atoms with Crippen LogP contribution in [-0.4, -0.2) is 27.2 Å². The first-order chi connectivity index (χ1) is 14.6. The van der Waals surface area contributed by atoms with Crippen molar-refractivity contribution >= 4 is 17.4 Å². The summed E-state index contributed by atoms with van der Waals surface area (Å²) < 4.78 is 15.2. The molecule has 0 spiro atoms. The number of hydrogen-bond acceptors (Lipinski definition) is 4. The molecule has 1 aromatic carbocycles. The van der Waals surface area contributed by atoms with Crippen molar-refractivity contribution in [2.45, 2.75) is 45.2 Å². The van der Waals surface area contributed by atoms with Crippen LogP contribution in [0.2, 0.25) is 0 Å². The van der Waals surface area contributed by atoms with Gasteiger partial charge in [-0.15, -0.1) is 0 Å². The summed E-state index contributed by atoms with van der Waals surface area (Å²) in [7, 11) is 0. The number of amides is 1. The zero-order valence-electron chi connectivity index (χ0n) is 16.9. The van der Waals surface area contributed by atoms with Gasteiger partial charge in [0.15, 0.2) is 5.82 Å². The number of hydrogen-bond donors (Lipinski definition) is 1. The Hall–Kier alpha value is -3.22. The van der Waals surface area contributed by atoms with Crippen molar-refractivity contribution < 1.29 is 9.18 Å². The molecule has 2 aromatic heterocycles. The van der Waals surface area contributed by atoms with E-state index in [2.05, 4.69) is 27.0 Å². The highest BCUT2D eigenvalue weighted by molar-refractivity contribution is 5.94. The third-order valence-corrected chi connectivity index (χ3v) is 5.89. The number of anilines is 2. The molecule has 154 valence electrons. The summed E-state index contributed by atoms with van der Waals surface area (Å²) in [5.41, 5.74) is 4.69. The number of benzene rings is 1.